The third kappa shape index (κ3) is 2.97. The predicted molar refractivity (Wildman–Crippen MR) is 88.5 cm³/mol. The molecule has 1 nitrogen and oxygen atoms in total. The number of benzene rings is 3. The third-order valence-corrected chi connectivity index (χ3v) is 3.49. The Morgan fingerprint density at radius 2 is 1.19 bits per heavy atom. The van der Waals surface area contributed by atoms with E-state index in [0.717, 1.165) is 11.3 Å². The lowest BCUT2D eigenvalue weighted by Crippen LogP contribution is -1.93. The third-order valence-electron chi connectivity index (χ3n) is 3.49. The Bertz CT molecular complexity index is 699. The summed E-state index contributed by atoms with van der Waals surface area (Å²) < 4.78 is 5.71. The Morgan fingerprint density at radius 1 is 0.619 bits per heavy atom. The van der Waals surface area contributed by atoms with Crippen molar-refractivity contribution >= 4 is 0 Å². The molecule has 1 heteroatoms. The van der Waals surface area contributed by atoms with Crippen LogP contribution < -0.4 is 4.74 Å². The molecule has 21 heavy (non-hydrogen) atoms. The maximum atomic E-state index is 5.71. The highest BCUT2D eigenvalue weighted by Crippen LogP contribution is 2.31. The highest BCUT2D eigenvalue weighted by atomic mass is 16.5. The quantitative estimate of drug-likeness (QED) is 0.617. The van der Waals surface area contributed by atoms with Crippen molar-refractivity contribution in [3.8, 4) is 28.0 Å². The van der Waals surface area contributed by atoms with E-state index in [2.05, 4.69) is 54.6 Å². The molecular weight excluding hydrogens is 256 g/mol. The predicted octanol–water partition coefficient (Wildman–Crippen LogP) is 5.42. The summed E-state index contributed by atoms with van der Waals surface area (Å²) in [6.45, 7) is 2.69. The molecule has 0 fully saturated rings. The monoisotopic (exact) mass is 274 g/mol. The summed E-state index contributed by atoms with van der Waals surface area (Å²) in [5.41, 5.74) is 4.79. The Morgan fingerprint density at radius 3 is 1.90 bits per heavy atom. The summed E-state index contributed by atoms with van der Waals surface area (Å²) in [4.78, 5) is 0. The standard InChI is InChI=1S/C20H18O/c1-2-21-20-11-7-6-10-19(20)18-14-12-17(13-15-18)16-8-4-3-5-9-16/h3-15H,2H2,1H3. The molecule has 0 bridgehead atoms. The average Bonchev–Trinajstić information content (AvgIpc) is 2.57. The van der Waals surface area contributed by atoms with Crippen molar-refractivity contribution in [1.29, 1.82) is 0 Å². The Balaban J connectivity index is 1.95. The van der Waals surface area contributed by atoms with Crippen molar-refractivity contribution in [2.24, 2.45) is 0 Å². The van der Waals surface area contributed by atoms with Gasteiger partial charge in [-0.3, -0.25) is 0 Å². The average molecular weight is 274 g/mol. The summed E-state index contributed by atoms with van der Waals surface area (Å²) in [6, 6.07) is 27.2. The van der Waals surface area contributed by atoms with Gasteiger partial charge in [0.05, 0.1) is 6.61 Å². The minimum Gasteiger partial charge on any atom is -0.493 e. The molecular formula is C20H18O. The van der Waals surface area contributed by atoms with Crippen LogP contribution in [0.1, 0.15) is 6.92 Å². The molecule has 0 aliphatic heterocycles. The number of para-hydroxylation sites is 1. The van der Waals surface area contributed by atoms with Crippen LogP contribution >= 0.6 is 0 Å². The Hall–Kier alpha value is -2.54. The molecule has 0 unspecified atom stereocenters. The largest absolute Gasteiger partial charge is 0.493 e. The Kier molecular flexibility index (Phi) is 4.02. The molecule has 104 valence electrons. The Labute approximate surface area is 125 Å². The topological polar surface area (TPSA) is 9.23 Å². The second-order valence-electron chi connectivity index (χ2n) is 4.87. The highest BCUT2D eigenvalue weighted by molar-refractivity contribution is 5.74. The number of rotatable bonds is 4. The van der Waals surface area contributed by atoms with E-state index >= 15 is 0 Å². The molecule has 0 heterocycles. The van der Waals surface area contributed by atoms with E-state index in [1.807, 2.05) is 31.2 Å². The van der Waals surface area contributed by atoms with E-state index in [0.29, 0.717) is 6.61 Å². The molecule has 0 saturated heterocycles. The van der Waals surface area contributed by atoms with Crippen molar-refractivity contribution in [3.63, 3.8) is 0 Å². The van der Waals surface area contributed by atoms with Crippen LogP contribution in [0.3, 0.4) is 0 Å². The van der Waals surface area contributed by atoms with Gasteiger partial charge in [0, 0.05) is 5.56 Å². The first-order chi connectivity index (χ1) is 10.4. The zero-order valence-corrected chi connectivity index (χ0v) is 12.1. The van der Waals surface area contributed by atoms with Crippen LogP contribution in [-0.4, -0.2) is 6.61 Å². The minimum atomic E-state index is 0.680. The van der Waals surface area contributed by atoms with Gasteiger partial charge >= 0.3 is 0 Å². The first kappa shape index (κ1) is 13.4. The van der Waals surface area contributed by atoms with Crippen LogP contribution in [0.4, 0.5) is 0 Å². The van der Waals surface area contributed by atoms with Gasteiger partial charge in [0.2, 0.25) is 0 Å². The molecule has 0 spiro atoms. The summed E-state index contributed by atoms with van der Waals surface area (Å²) in [6.07, 6.45) is 0. The number of hydrogen-bond donors (Lipinski definition) is 0. The van der Waals surface area contributed by atoms with Gasteiger partial charge in [-0.2, -0.15) is 0 Å². The molecule has 0 radical (unpaired) electrons. The number of ether oxygens (including phenoxy) is 1. The molecule has 3 rings (SSSR count). The fourth-order valence-electron chi connectivity index (χ4n) is 2.46. The van der Waals surface area contributed by atoms with E-state index in [4.69, 9.17) is 4.74 Å². The van der Waals surface area contributed by atoms with Gasteiger partial charge in [0.25, 0.3) is 0 Å². The highest BCUT2D eigenvalue weighted by Gasteiger charge is 2.05. The molecule has 0 aromatic heterocycles. The van der Waals surface area contributed by atoms with Gasteiger partial charge in [-0.25, -0.2) is 0 Å². The van der Waals surface area contributed by atoms with Gasteiger partial charge in [-0.15, -0.1) is 0 Å². The van der Waals surface area contributed by atoms with E-state index in [1.54, 1.807) is 0 Å². The van der Waals surface area contributed by atoms with Crippen LogP contribution in [0, 0.1) is 0 Å². The zero-order valence-electron chi connectivity index (χ0n) is 12.1. The molecule has 0 atom stereocenters. The van der Waals surface area contributed by atoms with Gasteiger partial charge in [-0.1, -0.05) is 72.8 Å². The fraction of sp³-hybridized carbons (Fsp3) is 0.100. The minimum absolute atomic E-state index is 0.680. The second kappa shape index (κ2) is 6.27. The lowest BCUT2D eigenvalue weighted by atomic mass is 10.00. The maximum absolute atomic E-state index is 5.71. The maximum Gasteiger partial charge on any atom is 0.127 e. The molecule has 0 amide bonds. The summed E-state index contributed by atoms with van der Waals surface area (Å²) in [7, 11) is 0. The first-order valence-electron chi connectivity index (χ1n) is 7.26. The molecule has 0 saturated carbocycles. The SMILES string of the molecule is CCOc1ccccc1-c1ccc(-c2ccccc2)cc1. The van der Waals surface area contributed by atoms with Crippen molar-refractivity contribution in [3.05, 3.63) is 78.9 Å². The van der Waals surface area contributed by atoms with Crippen molar-refractivity contribution < 1.29 is 4.74 Å². The summed E-state index contributed by atoms with van der Waals surface area (Å²) >= 11 is 0. The lowest BCUT2D eigenvalue weighted by Gasteiger charge is -2.10. The first-order valence-corrected chi connectivity index (χ1v) is 7.26. The lowest BCUT2D eigenvalue weighted by molar-refractivity contribution is 0.341. The van der Waals surface area contributed by atoms with Crippen LogP contribution in [0.5, 0.6) is 5.75 Å². The van der Waals surface area contributed by atoms with Crippen LogP contribution in [-0.2, 0) is 0 Å². The normalized spacial score (nSPS) is 10.3. The van der Waals surface area contributed by atoms with Gasteiger partial charge in [-0.05, 0) is 29.7 Å². The van der Waals surface area contributed by atoms with Crippen LogP contribution in [0.2, 0.25) is 0 Å². The molecule has 3 aromatic rings. The van der Waals surface area contributed by atoms with E-state index in [-0.39, 0.29) is 0 Å². The smallest absolute Gasteiger partial charge is 0.127 e. The summed E-state index contributed by atoms with van der Waals surface area (Å²) in [5, 5.41) is 0. The van der Waals surface area contributed by atoms with E-state index < -0.39 is 0 Å². The van der Waals surface area contributed by atoms with Gasteiger partial charge in [0.15, 0.2) is 0 Å². The molecule has 0 aliphatic carbocycles. The fourth-order valence-corrected chi connectivity index (χ4v) is 2.46. The van der Waals surface area contributed by atoms with Crippen LogP contribution in [0.15, 0.2) is 78.9 Å². The van der Waals surface area contributed by atoms with Crippen LogP contribution in [0.25, 0.3) is 22.3 Å². The van der Waals surface area contributed by atoms with Gasteiger partial charge < -0.3 is 4.74 Å². The molecule has 3 aromatic carbocycles. The van der Waals surface area contributed by atoms with Crippen molar-refractivity contribution in [2.75, 3.05) is 6.61 Å². The summed E-state index contributed by atoms with van der Waals surface area (Å²) in [5.74, 6) is 0.937. The van der Waals surface area contributed by atoms with E-state index in [9.17, 15) is 0 Å². The molecule has 0 N–H and O–H groups in total. The van der Waals surface area contributed by atoms with Crippen molar-refractivity contribution in [1.82, 2.24) is 0 Å². The van der Waals surface area contributed by atoms with Crippen molar-refractivity contribution in [2.45, 2.75) is 6.92 Å². The number of hydrogen-bond acceptors (Lipinski definition) is 1. The van der Waals surface area contributed by atoms with E-state index in [1.165, 1.54) is 16.7 Å². The second-order valence-corrected chi connectivity index (χ2v) is 4.87. The zero-order chi connectivity index (χ0) is 14.5. The molecule has 0 aliphatic rings. The van der Waals surface area contributed by atoms with Gasteiger partial charge in [0.1, 0.15) is 5.75 Å².